The van der Waals surface area contributed by atoms with Gasteiger partial charge in [-0.1, -0.05) is 30.3 Å². The van der Waals surface area contributed by atoms with Gasteiger partial charge in [0.1, 0.15) is 5.60 Å². The number of amides is 2. The highest BCUT2D eigenvalue weighted by molar-refractivity contribution is 5.75. The van der Waals surface area contributed by atoms with Crippen molar-refractivity contribution in [2.24, 2.45) is 0 Å². The van der Waals surface area contributed by atoms with Gasteiger partial charge in [0.15, 0.2) is 0 Å². The Balaban J connectivity index is 1.52. The molecular weight excluding hydrogens is 354 g/mol. The first kappa shape index (κ1) is 22.2. The number of likely N-dealkylation sites (tertiary alicyclic amines) is 1. The van der Waals surface area contributed by atoms with Crippen molar-refractivity contribution in [1.29, 1.82) is 0 Å². The Kier molecular flexibility index (Phi) is 8.77. The van der Waals surface area contributed by atoms with Crippen LogP contribution in [0.1, 0.15) is 52.0 Å². The van der Waals surface area contributed by atoms with E-state index in [0.717, 1.165) is 45.3 Å². The van der Waals surface area contributed by atoms with E-state index in [0.29, 0.717) is 13.0 Å². The summed E-state index contributed by atoms with van der Waals surface area (Å²) in [6, 6.07) is 10.4. The number of hydrogen-bond donors (Lipinski definition) is 2. The molecule has 1 aliphatic heterocycles. The second-order valence-corrected chi connectivity index (χ2v) is 8.45. The summed E-state index contributed by atoms with van der Waals surface area (Å²) in [7, 11) is 0. The Morgan fingerprint density at radius 1 is 1.14 bits per heavy atom. The van der Waals surface area contributed by atoms with Gasteiger partial charge in [0.2, 0.25) is 5.91 Å². The van der Waals surface area contributed by atoms with Crippen molar-refractivity contribution >= 4 is 12.0 Å². The van der Waals surface area contributed by atoms with Crippen LogP contribution in [0.4, 0.5) is 4.79 Å². The van der Waals surface area contributed by atoms with E-state index in [1.54, 1.807) is 0 Å². The summed E-state index contributed by atoms with van der Waals surface area (Å²) in [5.74, 6) is 0.123. The average Bonchev–Trinajstić information content (AvgIpc) is 2.62. The minimum Gasteiger partial charge on any atom is -0.444 e. The van der Waals surface area contributed by atoms with Crippen molar-refractivity contribution in [1.82, 2.24) is 15.5 Å². The lowest BCUT2D eigenvalue weighted by Crippen LogP contribution is -2.46. The number of carbonyl (C=O) groups is 2. The predicted octanol–water partition coefficient (Wildman–Crippen LogP) is 3.11. The van der Waals surface area contributed by atoms with Gasteiger partial charge in [-0.3, -0.25) is 4.79 Å². The summed E-state index contributed by atoms with van der Waals surface area (Å²) in [5.41, 5.74) is 0.776. The van der Waals surface area contributed by atoms with E-state index in [2.05, 4.69) is 27.7 Å². The number of nitrogens with zero attached hydrogens (tertiary/aromatic N) is 1. The average molecular weight is 390 g/mol. The van der Waals surface area contributed by atoms with Gasteiger partial charge in [-0.25, -0.2) is 4.79 Å². The van der Waals surface area contributed by atoms with Crippen LogP contribution in [0.25, 0.3) is 0 Å². The summed E-state index contributed by atoms with van der Waals surface area (Å²) in [6.45, 7) is 9.09. The fourth-order valence-corrected chi connectivity index (χ4v) is 3.32. The van der Waals surface area contributed by atoms with E-state index >= 15 is 0 Å². The molecule has 1 aromatic carbocycles. The number of ether oxygens (including phenoxy) is 1. The molecule has 0 unspecified atom stereocenters. The van der Waals surface area contributed by atoms with Crippen molar-refractivity contribution in [3.63, 3.8) is 0 Å². The zero-order valence-electron chi connectivity index (χ0n) is 17.5. The van der Waals surface area contributed by atoms with Gasteiger partial charge >= 0.3 is 6.09 Å². The second kappa shape index (κ2) is 11.1. The Morgan fingerprint density at radius 2 is 1.82 bits per heavy atom. The minimum atomic E-state index is -0.466. The third-order valence-electron chi connectivity index (χ3n) is 4.77. The van der Waals surface area contributed by atoms with Crippen LogP contribution in [0.2, 0.25) is 0 Å². The molecule has 0 atom stereocenters. The number of carbonyl (C=O) groups excluding carboxylic acids is 2. The first-order valence-electron chi connectivity index (χ1n) is 10.3. The van der Waals surface area contributed by atoms with Crippen molar-refractivity contribution < 1.29 is 14.3 Å². The zero-order valence-corrected chi connectivity index (χ0v) is 17.5. The summed E-state index contributed by atoms with van der Waals surface area (Å²) >= 11 is 0. The van der Waals surface area contributed by atoms with Crippen LogP contribution < -0.4 is 10.6 Å². The van der Waals surface area contributed by atoms with Crippen molar-refractivity contribution in [3.8, 4) is 0 Å². The molecule has 2 rings (SSSR count). The van der Waals surface area contributed by atoms with Gasteiger partial charge in [0, 0.05) is 32.1 Å². The Bertz CT molecular complexity index is 605. The van der Waals surface area contributed by atoms with Gasteiger partial charge in [-0.15, -0.1) is 0 Å². The maximum Gasteiger partial charge on any atom is 0.407 e. The maximum absolute atomic E-state index is 12.0. The highest BCUT2D eigenvalue weighted by Crippen LogP contribution is 2.13. The molecule has 1 aliphatic rings. The molecule has 1 heterocycles. The molecule has 0 bridgehead atoms. The molecule has 156 valence electrons. The van der Waals surface area contributed by atoms with Crippen LogP contribution in [0.3, 0.4) is 0 Å². The van der Waals surface area contributed by atoms with E-state index in [1.165, 1.54) is 5.56 Å². The van der Waals surface area contributed by atoms with E-state index in [-0.39, 0.29) is 18.0 Å². The summed E-state index contributed by atoms with van der Waals surface area (Å²) < 4.78 is 5.31. The highest BCUT2D eigenvalue weighted by Gasteiger charge is 2.23. The smallest absolute Gasteiger partial charge is 0.407 e. The van der Waals surface area contributed by atoms with Crippen LogP contribution in [-0.2, 0) is 16.0 Å². The van der Waals surface area contributed by atoms with Crippen LogP contribution in [0.5, 0.6) is 0 Å². The fourth-order valence-electron chi connectivity index (χ4n) is 3.32. The van der Waals surface area contributed by atoms with Crippen LogP contribution in [-0.4, -0.2) is 54.7 Å². The molecule has 0 aliphatic carbocycles. The molecule has 1 fully saturated rings. The van der Waals surface area contributed by atoms with Gasteiger partial charge in [-0.2, -0.15) is 0 Å². The molecule has 1 aromatic rings. The van der Waals surface area contributed by atoms with Crippen LogP contribution >= 0.6 is 0 Å². The van der Waals surface area contributed by atoms with Gasteiger partial charge in [-0.05, 0) is 58.6 Å². The number of hydrogen-bond acceptors (Lipinski definition) is 4. The molecule has 0 aromatic heterocycles. The number of nitrogens with one attached hydrogen (secondary N) is 2. The summed E-state index contributed by atoms with van der Waals surface area (Å²) in [6.07, 6.45) is 3.79. The third kappa shape index (κ3) is 9.22. The lowest BCUT2D eigenvalue weighted by molar-refractivity contribution is -0.121. The molecule has 6 nitrogen and oxygen atoms in total. The van der Waals surface area contributed by atoms with Crippen LogP contribution in [0.15, 0.2) is 30.3 Å². The third-order valence-corrected chi connectivity index (χ3v) is 4.77. The Hall–Kier alpha value is -2.08. The quantitative estimate of drug-likeness (QED) is 0.717. The first-order valence-corrected chi connectivity index (χ1v) is 10.3. The van der Waals surface area contributed by atoms with E-state index < -0.39 is 5.60 Å². The summed E-state index contributed by atoms with van der Waals surface area (Å²) in [4.78, 5) is 26.2. The molecular formula is C22H35N3O3. The molecule has 0 spiro atoms. The topological polar surface area (TPSA) is 70.7 Å². The van der Waals surface area contributed by atoms with Gasteiger partial charge in [0.05, 0.1) is 0 Å². The van der Waals surface area contributed by atoms with Crippen molar-refractivity contribution in [2.75, 3.05) is 26.2 Å². The second-order valence-electron chi connectivity index (χ2n) is 8.45. The summed E-state index contributed by atoms with van der Waals surface area (Å²) in [5, 5.41) is 5.95. The number of rotatable bonds is 8. The lowest BCUT2D eigenvalue weighted by atomic mass is 10.0. The highest BCUT2D eigenvalue weighted by atomic mass is 16.6. The SMILES string of the molecule is CC(C)(C)OC(=O)NC1CCN(CCCC(=O)NCCc2ccccc2)CC1. The standard InChI is InChI=1S/C22H35N3O3/c1-22(2,3)28-21(27)24-19-12-16-25(17-13-19)15-7-10-20(26)23-14-11-18-8-5-4-6-9-18/h4-6,8-9,19H,7,10-17H2,1-3H3,(H,23,26)(H,24,27). The Morgan fingerprint density at radius 3 is 2.46 bits per heavy atom. The molecule has 0 radical (unpaired) electrons. The normalized spacial score (nSPS) is 15.8. The fraction of sp³-hybridized carbons (Fsp3) is 0.636. The first-order chi connectivity index (χ1) is 13.3. The van der Waals surface area contributed by atoms with E-state index in [4.69, 9.17) is 4.74 Å². The Labute approximate surface area is 169 Å². The van der Waals surface area contributed by atoms with Crippen LogP contribution in [0, 0.1) is 0 Å². The largest absolute Gasteiger partial charge is 0.444 e. The van der Waals surface area contributed by atoms with Gasteiger partial charge in [0.25, 0.3) is 0 Å². The van der Waals surface area contributed by atoms with Crippen molar-refractivity contribution in [3.05, 3.63) is 35.9 Å². The van der Waals surface area contributed by atoms with Crippen molar-refractivity contribution in [2.45, 2.75) is 64.5 Å². The molecule has 0 saturated carbocycles. The minimum absolute atomic E-state index is 0.123. The number of benzene rings is 1. The maximum atomic E-state index is 12.0. The number of alkyl carbamates (subject to hydrolysis) is 1. The monoisotopic (exact) mass is 389 g/mol. The van der Waals surface area contributed by atoms with E-state index in [1.807, 2.05) is 39.0 Å². The lowest BCUT2D eigenvalue weighted by Gasteiger charge is -2.32. The molecule has 28 heavy (non-hydrogen) atoms. The number of piperidine rings is 1. The van der Waals surface area contributed by atoms with Gasteiger partial charge < -0.3 is 20.3 Å². The molecule has 1 saturated heterocycles. The zero-order chi connectivity index (χ0) is 20.4. The molecule has 6 heteroatoms. The van der Waals surface area contributed by atoms with E-state index in [9.17, 15) is 9.59 Å². The predicted molar refractivity (Wildman–Crippen MR) is 111 cm³/mol. The molecule has 2 N–H and O–H groups in total. The molecule has 2 amide bonds.